The summed E-state index contributed by atoms with van der Waals surface area (Å²) in [5.41, 5.74) is 0. The van der Waals surface area contributed by atoms with Crippen molar-refractivity contribution in [2.75, 3.05) is 26.3 Å². The summed E-state index contributed by atoms with van der Waals surface area (Å²) in [6.07, 6.45) is 5.18. The summed E-state index contributed by atoms with van der Waals surface area (Å²) < 4.78 is 5.37. The molecule has 2 fully saturated rings. The average molecular weight is 255 g/mol. The molecule has 18 heavy (non-hydrogen) atoms. The third-order valence-electron chi connectivity index (χ3n) is 4.50. The Morgan fingerprint density at radius 2 is 1.89 bits per heavy atom. The van der Waals surface area contributed by atoms with Gasteiger partial charge in [0.2, 0.25) is 0 Å². The van der Waals surface area contributed by atoms with E-state index in [2.05, 4.69) is 11.8 Å². The maximum Gasteiger partial charge on any atom is 0.304 e. The van der Waals surface area contributed by atoms with Gasteiger partial charge in [-0.1, -0.05) is 19.8 Å². The van der Waals surface area contributed by atoms with E-state index in [-0.39, 0.29) is 6.04 Å². The van der Waals surface area contributed by atoms with E-state index in [1.54, 1.807) is 0 Å². The smallest absolute Gasteiger partial charge is 0.304 e. The number of carboxylic acid groups (broad SMARTS) is 1. The number of rotatable bonds is 4. The molecule has 4 nitrogen and oxygen atoms in total. The SMILES string of the molecule is CC1CCC(C(CC(=O)O)N2CCOCC2)CC1. The predicted molar refractivity (Wildman–Crippen MR) is 69.6 cm³/mol. The highest BCUT2D eigenvalue weighted by Crippen LogP contribution is 2.33. The second-order valence-corrected chi connectivity index (χ2v) is 5.83. The summed E-state index contributed by atoms with van der Waals surface area (Å²) in [5.74, 6) is 0.719. The first-order valence-corrected chi connectivity index (χ1v) is 7.20. The van der Waals surface area contributed by atoms with Crippen molar-refractivity contribution in [1.29, 1.82) is 0 Å². The highest BCUT2D eigenvalue weighted by molar-refractivity contribution is 5.67. The van der Waals surface area contributed by atoms with Crippen molar-refractivity contribution in [2.45, 2.75) is 45.1 Å². The van der Waals surface area contributed by atoms with Gasteiger partial charge in [0.15, 0.2) is 0 Å². The molecule has 0 aromatic carbocycles. The van der Waals surface area contributed by atoms with Gasteiger partial charge >= 0.3 is 5.97 Å². The summed E-state index contributed by atoms with van der Waals surface area (Å²) in [5, 5.41) is 9.14. The van der Waals surface area contributed by atoms with Crippen LogP contribution in [0.2, 0.25) is 0 Å². The fourth-order valence-corrected chi connectivity index (χ4v) is 3.35. The molecule has 0 aromatic rings. The fraction of sp³-hybridized carbons (Fsp3) is 0.929. The Balaban J connectivity index is 1.97. The molecule has 0 bridgehead atoms. The minimum absolute atomic E-state index is 0.221. The normalized spacial score (nSPS) is 32.1. The van der Waals surface area contributed by atoms with Crippen LogP contribution in [0.4, 0.5) is 0 Å². The van der Waals surface area contributed by atoms with E-state index < -0.39 is 5.97 Å². The van der Waals surface area contributed by atoms with Gasteiger partial charge in [-0.25, -0.2) is 0 Å². The molecule has 1 saturated carbocycles. The average Bonchev–Trinajstić information content (AvgIpc) is 2.38. The molecule has 1 aliphatic carbocycles. The lowest BCUT2D eigenvalue weighted by Gasteiger charge is -2.40. The molecule has 0 spiro atoms. The third-order valence-corrected chi connectivity index (χ3v) is 4.50. The molecule has 1 saturated heterocycles. The van der Waals surface area contributed by atoms with Gasteiger partial charge in [-0.15, -0.1) is 0 Å². The van der Waals surface area contributed by atoms with Crippen LogP contribution >= 0.6 is 0 Å². The fourth-order valence-electron chi connectivity index (χ4n) is 3.35. The van der Waals surface area contributed by atoms with Gasteiger partial charge in [0, 0.05) is 19.1 Å². The number of carboxylic acids is 1. The van der Waals surface area contributed by atoms with Crippen molar-refractivity contribution < 1.29 is 14.6 Å². The maximum atomic E-state index is 11.1. The van der Waals surface area contributed by atoms with Crippen LogP contribution in [0.15, 0.2) is 0 Å². The standard InChI is InChI=1S/C14H25NO3/c1-11-2-4-12(5-3-11)13(10-14(16)17)15-6-8-18-9-7-15/h11-13H,2-10H2,1H3,(H,16,17). The molecule has 2 rings (SSSR count). The van der Waals surface area contributed by atoms with Crippen LogP contribution in [0, 0.1) is 11.8 Å². The molecule has 1 atom stereocenters. The second kappa shape index (κ2) is 6.53. The van der Waals surface area contributed by atoms with Gasteiger partial charge < -0.3 is 9.84 Å². The first-order chi connectivity index (χ1) is 8.66. The molecule has 0 radical (unpaired) electrons. The van der Waals surface area contributed by atoms with Gasteiger partial charge in [-0.2, -0.15) is 0 Å². The Kier molecular flexibility index (Phi) is 5.01. The van der Waals surface area contributed by atoms with E-state index in [1.165, 1.54) is 25.7 Å². The van der Waals surface area contributed by atoms with E-state index in [4.69, 9.17) is 9.84 Å². The molecule has 1 heterocycles. The highest BCUT2D eigenvalue weighted by Gasteiger charge is 2.32. The lowest BCUT2D eigenvalue weighted by molar-refractivity contribution is -0.139. The van der Waals surface area contributed by atoms with E-state index in [9.17, 15) is 4.79 Å². The zero-order valence-electron chi connectivity index (χ0n) is 11.3. The van der Waals surface area contributed by atoms with Crippen molar-refractivity contribution in [1.82, 2.24) is 4.90 Å². The number of hydrogen-bond donors (Lipinski definition) is 1. The van der Waals surface area contributed by atoms with Gasteiger partial charge in [-0.3, -0.25) is 9.69 Å². The van der Waals surface area contributed by atoms with Crippen LogP contribution in [0.5, 0.6) is 0 Å². The molecule has 4 heteroatoms. The molecule has 104 valence electrons. The Bertz CT molecular complexity index is 268. The number of hydrogen-bond acceptors (Lipinski definition) is 3. The lowest BCUT2D eigenvalue weighted by Crippen LogP contribution is -2.48. The van der Waals surface area contributed by atoms with Crippen LogP contribution in [0.3, 0.4) is 0 Å². The Morgan fingerprint density at radius 1 is 1.28 bits per heavy atom. The molecule has 0 amide bonds. The number of carbonyl (C=O) groups is 1. The zero-order valence-corrected chi connectivity index (χ0v) is 11.3. The second-order valence-electron chi connectivity index (χ2n) is 5.83. The minimum Gasteiger partial charge on any atom is -0.481 e. The monoisotopic (exact) mass is 255 g/mol. The van der Waals surface area contributed by atoms with Crippen LogP contribution in [-0.4, -0.2) is 48.3 Å². The van der Waals surface area contributed by atoms with E-state index >= 15 is 0 Å². The van der Waals surface area contributed by atoms with Gasteiger partial charge in [0.05, 0.1) is 19.6 Å². The third kappa shape index (κ3) is 3.69. The first kappa shape index (κ1) is 13.8. The molecule has 0 aromatic heterocycles. The Morgan fingerprint density at radius 3 is 2.44 bits per heavy atom. The molecule has 2 aliphatic rings. The topological polar surface area (TPSA) is 49.8 Å². The molecule has 1 unspecified atom stereocenters. The van der Waals surface area contributed by atoms with Gasteiger partial charge in [-0.05, 0) is 24.7 Å². The maximum absolute atomic E-state index is 11.1. The number of aliphatic carboxylic acids is 1. The van der Waals surface area contributed by atoms with Crippen molar-refractivity contribution in [3.8, 4) is 0 Å². The van der Waals surface area contributed by atoms with Crippen molar-refractivity contribution in [3.05, 3.63) is 0 Å². The zero-order chi connectivity index (χ0) is 13.0. The summed E-state index contributed by atoms with van der Waals surface area (Å²) in [7, 11) is 0. The largest absolute Gasteiger partial charge is 0.481 e. The number of nitrogens with zero attached hydrogens (tertiary/aromatic N) is 1. The van der Waals surface area contributed by atoms with Crippen LogP contribution in [-0.2, 0) is 9.53 Å². The van der Waals surface area contributed by atoms with Crippen LogP contribution in [0.1, 0.15) is 39.0 Å². The summed E-state index contributed by atoms with van der Waals surface area (Å²) >= 11 is 0. The quantitative estimate of drug-likeness (QED) is 0.834. The number of ether oxygens (including phenoxy) is 1. The number of morpholine rings is 1. The molecular weight excluding hydrogens is 230 g/mol. The van der Waals surface area contributed by atoms with Crippen molar-refractivity contribution >= 4 is 5.97 Å². The van der Waals surface area contributed by atoms with Gasteiger partial charge in [0.25, 0.3) is 0 Å². The van der Waals surface area contributed by atoms with E-state index in [0.29, 0.717) is 12.3 Å². The van der Waals surface area contributed by atoms with Crippen LogP contribution in [0.25, 0.3) is 0 Å². The molecule has 1 aliphatic heterocycles. The molecular formula is C14H25NO3. The predicted octanol–water partition coefficient (Wildman–Crippen LogP) is 1.99. The summed E-state index contributed by atoms with van der Waals surface area (Å²) in [6.45, 7) is 5.59. The van der Waals surface area contributed by atoms with E-state index in [1.807, 2.05) is 0 Å². The van der Waals surface area contributed by atoms with Gasteiger partial charge in [0.1, 0.15) is 0 Å². The van der Waals surface area contributed by atoms with Crippen molar-refractivity contribution in [3.63, 3.8) is 0 Å². The minimum atomic E-state index is -0.662. The van der Waals surface area contributed by atoms with E-state index in [0.717, 1.165) is 32.2 Å². The molecule has 1 N–H and O–H groups in total. The Labute approximate surface area is 109 Å². The summed E-state index contributed by atoms with van der Waals surface area (Å²) in [6, 6.07) is 0.221. The summed E-state index contributed by atoms with van der Waals surface area (Å²) in [4.78, 5) is 13.4. The van der Waals surface area contributed by atoms with Crippen molar-refractivity contribution in [2.24, 2.45) is 11.8 Å². The first-order valence-electron chi connectivity index (χ1n) is 7.20. The Hall–Kier alpha value is -0.610. The highest BCUT2D eigenvalue weighted by atomic mass is 16.5. The lowest BCUT2D eigenvalue weighted by atomic mass is 9.78. The van der Waals surface area contributed by atoms with Crippen LogP contribution < -0.4 is 0 Å².